The number of nitrogens with two attached hydrogens (primary N) is 1. The maximum atomic E-state index is 11.9. The van der Waals surface area contributed by atoms with Gasteiger partial charge in [-0.05, 0) is 28.1 Å². The van der Waals surface area contributed by atoms with Crippen LogP contribution in [0.15, 0.2) is 40.1 Å². The molecule has 0 aliphatic carbocycles. The van der Waals surface area contributed by atoms with E-state index in [1.807, 2.05) is 24.3 Å². The van der Waals surface area contributed by atoms with Gasteiger partial charge in [0.15, 0.2) is 5.16 Å². The van der Waals surface area contributed by atoms with Gasteiger partial charge in [-0.25, -0.2) is 9.97 Å². The molecule has 1 heterocycles. The lowest BCUT2D eigenvalue weighted by atomic mass is 10.3. The van der Waals surface area contributed by atoms with Gasteiger partial charge in [0.2, 0.25) is 5.91 Å². The van der Waals surface area contributed by atoms with E-state index in [1.165, 1.54) is 6.20 Å². The Hall–Kier alpha value is -2.11. The summed E-state index contributed by atoms with van der Waals surface area (Å²) in [6, 6.07) is 9.21. The number of nitrogens with one attached hydrogen (secondary N) is 1. The lowest BCUT2D eigenvalue weighted by Crippen LogP contribution is -2.14. The molecule has 2 rings (SSSR count). The molecule has 0 fully saturated rings. The number of thioether (sulfide) groups is 1. The Morgan fingerprint density at radius 2 is 2.24 bits per heavy atom. The Balaban J connectivity index is 1.94. The fourth-order valence-electron chi connectivity index (χ4n) is 1.41. The number of nitriles is 1. The smallest absolute Gasteiger partial charge is 0.234 e. The average Bonchev–Trinajstić information content (AvgIpc) is 2.48. The van der Waals surface area contributed by atoms with Crippen LogP contribution in [-0.2, 0) is 4.79 Å². The summed E-state index contributed by atoms with van der Waals surface area (Å²) in [5.41, 5.74) is 6.51. The Morgan fingerprint density at radius 1 is 1.48 bits per heavy atom. The van der Waals surface area contributed by atoms with Crippen LogP contribution in [0.3, 0.4) is 0 Å². The van der Waals surface area contributed by atoms with Gasteiger partial charge >= 0.3 is 0 Å². The molecule has 0 atom stereocenters. The number of aromatic nitrogens is 2. The van der Waals surface area contributed by atoms with Crippen molar-refractivity contribution in [2.24, 2.45) is 0 Å². The third-order valence-corrected chi connectivity index (χ3v) is 3.95. The zero-order chi connectivity index (χ0) is 15.2. The van der Waals surface area contributed by atoms with Gasteiger partial charge in [-0.3, -0.25) is 4.79 Å². The molecule has 6 nitrogen and oxygen atoms in total. The third kappa shape index (κ3) is 4.18. The number of anilines is 2. The molecule has 2 aromatic rings. The maximum Gasteiger partial charge on any atom is 0.234 e. The molecule has 1 aromatic heterocycles. The second-order valence-electron chi connectivity index (χ2n) is 3.88. The van der Waals surface area contributed by atoms with Crippen molar-refractivity contribution in [2.75, 3.05) is 16.8 Å². The SMILES string of the molecule is N#Cc1cnc(SCC(=O)Nc2ccccc2Br)nc1N. The molecular weight excluding hydrogens is 354 g/mol. The quantitative estimate of drug-likeness (QED) is 0.638. The predicted octanol–water partition coefficient (Wildman–Crippen LogP) is 2.42. The first-order valence-corrected chi connectivity index (χ1v) is 7.58. The summed E-state index contributed by atoms with van der Waals surface area (Å²) in [5, 5.41) is 11.9. The first kappa shape index (κ1) is 15.3. The molecule has 1 aromatic carbocycles. The largest absolute Gasteiger partial charge is 0.382 e. The van der Waals surface area contributed by atoms with Gasteiger partial charge in [0.1, 0.15) is 17.5 Å². The van der Waals surface area contributed by atoms with Crippen LogP contribution < -0.4 is 11.1 Å². The van der Waals surface area contributed by atoms with Crippen molar-refractivity contribution in [1.29, 1.82) is 5.26 Å². The lowest BCUT2D eigenvalue weighted by molar-refractivity contribution is -0.113. The monoisotopic (exact) mass is 363 g/mol. The Morgan fingerprint density at radius 3 is 2.90 bits per heavy atom. The summed E-state index contributed by atoms with van der Waals surface area (Å²) in [6.45, 7) is 0. The van der Waals surface area contributed by atoms with Gasteiger partial charge in [0, 0.05) is 4.47 Å². The highest BCUT2D eigenvalue weighted by Crippen LogP contribution is 2.22. The van der Waals surface area contributed by atoms with Crippen molar-refractivity contribution in [1.82, 2.24) is 9.97 Å². The summed E-state index contributed by atoms with van der Waals surface area (Å²) in [5.74, 6) is 0.0757. The van der Waals surface area contributed by atoms with E-state index >= 15 is 0 Å². The molecule has 0 saturated carbocycles. The van der Waals surface area contributed by atoms with E-state index in [4.69, 9.17) is 11.0 Å². The van der Waals surface area contributed by atoms with Crippen molar-refractivity contribution in [2.45, 2.75) is 5.16 Å². The number of carbonyl (C=O) groups is 1. The van der Waals surface area contributed by atoms with Crippen LogP contribution in [0.1, 0.15) is 5.56 Å². The topological polar surface area (TPSA) is 105 Å². The van der Waals surface area contributed by atoms with Crippen LogP contribution in [0.25, 0.3) is 0 Å². The number of nitrogens with zero attached hydrogens (tertiary/aromatic N) is 3. The molecule has 3 N–H and O–H groups in total. The Bertz CT molecular complexity index is 716. The molecule has 0 radical (unpaired) electrons. The normalized spacial score (nSPS) is 9.90. The number of halogens is 1. The maximum absolute atomic E-state index is 11.9. The fraction of sp³-hybridized carbons (Fsp3) is 0.0769. The van der Waals surface area contributed by atoms with Crippen molar-refractivity contribution < 1.29 is 4.79 Å². The number of para-hydroxylation sites is 1. The minimum atomic E-state index is -0.182. The minimum Gasteiger partial charge on any atom is -0.382 e. The molecule has 0 bridgehead atoms. The highest BCUT2D eigenvalue weighted by Gasteiger charge is 2.09. The van der Waals surface area contributed by atoms with E-state index in [2.05, 4.69) is 31.2 Å². The standard InChI is InChI=1S/C13H10BrN5OS/c14-9-3-1-2-4-10(9)18-11(20)7-21-13-17-6-8(5-15)12(16)19-13/h1-4,6H,7H2,(H,18,20)(H2,16,17,19). The number of hydrogen-bond donors (Lipinski definition) is 2. The van der Waals surface area contributed by atoms with E-state index in [0.717, 1.165) is 16.2 Å². The van der Waals surface area contributed by atoms with Crippen LogP contribution in [0.4, 0.5) is 11.5 Å². The second kappa shape index (κ2) is 7.06. The van der Waals surface area contributed by atoms with Crippen LogP contribution in [-0.4, -0.2) is 21.6 Å². The van der Waals surface area contributed by atoms with Crippen LogP contribution in [0.5, 0.6) is 0 Å². The van der Waals surface area contributed by atoms with E-state index in [1.54, 1.807) is 6.07 Å². The molecular formula is C13H10BrN5OS. The molecule has 1 amide bonds. The first-order valence-electron chi connectivity index (χ1n) is 5.80. The molecule has 0 aliphatic heterocycles. The van der Waals surface area contributed by atoms with E-state index in [9.17, 15) is 4.79 Å². The lowest BCUT2D eigenvalue weighted by Gasteiger charge is -2.06. The molecule has 0 aliphatic rings. The van der Waals surface area contributed by atoms with Crippen LogP contribution in [0.2, 0.25) is 0 Å². The summed E-state index contributed by atoms with van der Waals surface area (Å²) in [7, 11) is 0. The van der Waals surface area contributed by atoms with E-state index in [0.29, 0.717) is 10.8 Å². The zero-order valence-corrected chi connectivity index (χ0v) is 13.1. The first-order chi connectivity index (χ1) is 10.1. The molecule has 0 saturated heterocycles. The minimum absolute atomic E-state index is 0.112. The number of hydrogen-bond acceptors (Lipinski definition) is 6. The number of rotatable bonds is 4. The summed E-state index contributed by atoms with van der Waals surface area (Å²) < 4.78 is 0.808. The number of amides is 1. The van der Waals surface area contributed by atoms with Crippen molar-refractivity contribution in [3.8, 4) is 6.07 Å². The van der Waals surface area contributed by atoms with E-state index < -0.39 is 0 Å². The number of carbonyl (C=O) groups excluding carboxylic acids is 1. The van der Waals surface area contributed by atoms with Gasteiger partial charge < -0.3 is 11.1 Å². The molecule has 21 heavy (non-hydrogen) atoms. The van der Waals surface area contributed by atoms with Gasteiger partial charge in [0.25, 0.3) is 0 Å². The number of benzene rings is 1. The summed E-state index contributed by atoms with van der Waals surface area (Å²) in [6.07, 6.45) is 1.34. The second-order valence-corrected chi connectivity index (χ2v) is 5.68. The zero-order valence-electron chi connectivity index (χ0n) is 10.7. The van der Waals surface area contributed by atoms with Crippen LogP contribution >= 0.6 is 27.7 Å². The highest BCUT2D eigenvalue weighted by atomic mass is 79.9. The summed E-state index contributed by atoms with van der Waals surface area (Å²) >= 11 is 4.50. The number of nitrogen functional groups attached to an aromatic ring is 1. The Kier molecular flexibility index (Phi) is 5.14. The van der Waals surface area contributed by atoms with Gasteiger partial charge in [-0.2, -0.15) is 5.26 Å². The van der Waals surface area contributed by atoms with Crippen LogP contribution in [0, 0.1) is 11.3 Å². The van der Waals surface area contributed by atoms with Gasteiger partial charge in [0.05, 0.1) is 17.6 Å². The van der Waals surface area contributed by atoms with Crippen molar-refractivity contribution >= 4 is 45.1 Å². The van der Waals surface area contributed by atoms with E-state index in [-0.39, 0.29) is 23.0 Å². The molecule has 0 spiro atoms. The summed E-state index contributed by atoms with van der Waals surface area (Å²) in [4.78, 5) is 19.8. The fourth-order valence-corrected chi connectivity index (χ4v) is 2.42. The average molecular weight is 364 g/mol. The van der Waals surface area contributed by atoms with Crippen molar-refractivity contribution in [3.05, 3.63) is 40.5 Å². The molecule has 106 valence electrons. The van der Waals surface area contributed by atoms with Gasteiger partial charge in [-0.1, -0.05) is 23.9 Å². The Labute approximate surface area is 133 Å². The predicted molar refractivity (Wildman–Crippen MR) is 84.7 cm³/mol. The van der Waals surface area contributed by atoms with Crippen molar-refractivity contribution in [3.63, 3.8) is 0 Å². The molecule has 0 unspecified atom stereocenters. The molecule has 8 heteroatoms. The third-order valence-electron chi connectivity index (χ3n) is 2.40. The highest BCUT2D eigenvalue weighted by molar-refractivity contribution is 9.10. The van der Waals surface area contributed by atoms with Gasteiger partial charge in [-0.15, -0.1) is 0 Å².